The van der Waals surface area contributed by atoms with Crippen LogP contribution in [0.3, 0.4) is 0 Å². The zero-order valence-electron chi connectivity index (χ0n) is 12.9. The second kappa shape index (κ2) is 9.08. The molecule has 1 aromatic rings. The fourth-order valence-electron chi connectivity index (χ4n) is 2.17. The van der Waals surface area contributed by atoms with Gasteiger partial charge >= 0.3 is 8.56 Å². The molecular formula is C16H26O3Si. The highest BCUT2D eigenvalue weighted by atomic mass is 28.4. The maximum atomic E-state index is 5.78. The fraction of sp³-hybridized carbons (Fsp3) is 0.500. The molecule has 0 aliphatic carbocycles. The van der Waals surface area contributed by atoms with Gasteiger partial charge in [0.1, 0.15) is 0 Å². The van der Waals surface area contributed by atoms with Gasteiger partial charge in [-0.2, -0.15) is 0 Å². The van der Waals surface area contributed by atoms with Crippen molar-refractivity contribution in [2.24, 2.45) is 0 Å². The van der Waals surface area contributed by atoms with Gasteiger partial charge < -0.3 is 13.6 Å². The summed E-state index contributed by atoms with van der Waals surface area (Å²) in [5, 5.41) is 1.19. The van der Waals surface area contributed by atoms with Gasteiger partial charge in [0.05, 0.1) is 6.61 Å². The van der Waals surface area contributed by atoms with Crippen molar-refractivity contribution in [3.05, 3.63) is 42.5 Å². The first-order valence-electron chi connectivity index (χ1n) is 7.02. The van der Waals surface area contributed by atoms with E-state index in [0.29, 0.717) is 6.61 Å². The lowest BCUT2D eigenvalue weighted by atomic mass is 10.3. The van der Waals surface area contributed by atoms with Gasteiger partial charge in [-0.15, -0.1) is 0 Å². The molecule has 0 aliphatic rings. The van der Waals surface area contributed by atoms with Crippen molar-refractivity contribution in [1.82, 2.24) is 0 Å². The first-order chi connectivity index (χ1) is 9.64. The molecule has 0 aliphatic heterocycles. The molecule has 4 heteroatoms. The number of ether oxygens (including phenoxy) is 1. The van der Waals surface area contributed by atoms with Gasteiger partial charge in [0.25, 0.3) is 0 Å². The summed E-state index contributed by atoms with van der Waals surface area (Å²) in [6.07, 6.45) is 2.06. The smallest absolute Gasteiger partial charge is 0.371 e. The summed E-state index contributed by atoms with van der Waals surface area (Å²) in [7, 11) is 1.23. The number of benzene rings is 1. The molecule has 20 heavy (non-hydrogen) atoms. The van der Waals surface area contributed by atoms with Crippen molar-refractivity contribution in [1.29, 1.82) is 0 Å². The van der Waals surface area contributed by atoms with Gasteiger partial charge in [0, 0.05) is 20.8 Å². The Bertz CT molecular complexity index is 388. The molecule has 0 radical (unpaired) electrons. The van der Waals surface area contributed by atoms with E-state index in [9.17, 15) is 0 Å². The van der Waals surface area contributed by atoms with Crippen LogP contribution in [0.4, 0.5) is 0 Å². The van der Waals surface area contributed by atoms with Gasteiger partial charge in [-0.1, -0.05) is 42.5 Å². The van der Waals surface area contributed by atoms with Crippen molar-refractivity contribution in [3.63, 3.8) is 0 Å². The largest absolute Gasteiger partial charge is 0.394 e. The van der Waals surface area contributed by atoms with Gasteiger partial charge in [0.15, 0.2) is 0 Å². The molecule has 1 rings (SSSR count). The molecule has 0 saturated carbocycles. The van der Waals surface area contributed by atoms with E-state index in [1.165, 1.54) is 5.19 Å². The minimum Gasteiger partial charge on any atom is -0.394 e. The Labute approximate surface area is 123 Å². The number of hydrogen-bond donors (Lipinski definition) is 0. The summed E-state index contributed by atoms with van der Waals surface area (Å²) in [4.78, 5) is 0. The Morgan fingerprint density at radius 2 is 1.75 bits per heavy atom. The predicted molar refractivity (Wildman–Crippen MR) is 85.5 cm³/mol. The van der Waals surface area contributed by atoms with Crippen LogP contribution in [-0.2, 0) is 13.6 Å². The van der Waals surface area contributed by atoms with Gasteiger partial charge in [-0.3, -0.25) is 0 Å². The Morgan fingerprint density at radius 3 is 2.30 bits per heavy atom. The fourth-order valence-corrected chi connectivity index (χ4v) is 4.92. The van der Waals surface area contributed by atoms with E-state index in [2.05, 4.69) is 18.7 Å². The van der Waals surface area contributed by atoms with Crippen LogP contribution in [0.1, 0.15) is 19.8 Å². The second-order valence-electron chi connectivity index (χ2n) is 4.99. The van der Waals surface area contributed by atoms with Crippen LogP contribution in [0, 0.1) is 0 Å². The molecule has 0 spiro atoms. The number of unbranched alkanes of at least 4 members (excludes halogenated alkanes) is 1. The molecule has 0 N–H and O–H groups in total. The first-order valence-corrected chi connectivity index (χ1v) is 9.05. The van der Waals surface area contributed by atoms with E-state index in [0.717, 1.165) is 31.1 Å². The third kappa shape index (κ3) is 5.21. The molecule has 0 amide bonds. The lowest BCUT2D eigenvalue weighted by Gasteiger charge is -2.27. The van der Waals surface area contributed by atoms with Crippen LogP contribution in [0.2, 0.25) is 6.04 Å². The molecule has 0 heterocycles. The normalized spacial score (nSPS) is 11.6. The van der Waals surface area contributed by atoms with E-state index in [1.54, 1.807) is 14.2 Å². The van der Waals surface area contributed by atoms with Crippen LogP contribution in [-0.4, -0.2) is 36.0 Å². The van der Waals surface area contributed by atoms with E-state index in [4.69, 9.17) is 13.6 Å². The standard InChI is InChI=1S/C16H26O3Si/c1-15(2)14-19-12-8-9-13-20(17-3,18-4)16-10-6-5-7-11-16/h5-7,10-11H,1,8-9,12-14H2,2-4H3. The third-order valence-electron chi connectivity index (χ3n) is 3.27. The molecule has 0 unspecified atom stereocenters. The summed E-state index contributed by atoms with van der Waals surface area (Å²) in [6.45, 7) is 7.21. The van der Waals surface area contributed by atoms with E-state index in [-0.39, 0.29) is 0 Å². The minimum atomic E-state index is -2.27. The topological polar surface area (TPSA) is 27.7 Å². The van der Waals surface area contributed by atoms with E-state index in [1.807, 2.05) is 25.1 Å². The summed E-state index contributed by atoms with van der Waals surface area (Å²) >= 11 is 0. The average Bonchev–Trinajstić information content (AvgIpc) is 2.48. The maximum absolute atomic E-state index is 5.78. The van der Waals surface area contributed by atoms with Crippen LogP contribution in [0.15, 0.2) is 42.5 Å². The SMILES string of the molecule is C=C(C)COCCCC[Si](OC)(OC)c1ccccc1. The van der Waals surface area contributed by atoms with Crippen LogP contribution in [0.5, 0.6) is 0 Å². The van der Waals surface area contributed by atoms with Gasteiger partial charge in [-0.25, -0.2) is 0 Å². The molecule has 3 nitrogen and oxygen atoms in total. The Balaban J connectivity index is 2.46. The van der Waals surface area contributed by atoms with E-state index < -0.39 is 8.56 Å². The van der Waals surface area contributed by atoms with Crippen molar-refractivity contribution in [2.75, 3.05) is 27.4 Å². The van der Waals surface area contributed by atoms with Crippen LogP contribution >= 0.6 is 0 Å². The highest BCUT2D eigenvalue weighted by molar-refractivity contribution is 6.81. The lowest BCUT2D eigenvalue weighted by molar-refractivity contribution is 0.152. The molecule has 0 bridgehead atoms. The Morgan fingerprint density at radius 1 is 1.10 bits per heavy atom. The molecule has 112 valence electrons. The van der Waals surface area contributed by atoms with Crippen molar-refractivity contribution >= 4 is 13.7 Å². The monoisotopic (exact) mass is 294 g/mol. The lowest BCUT2D eigenvalue weighted by Crippen LogP contribution is -2.52. The molecule has 1 aromatic carbocycles. The maximum Gasteiger partial charge on any atom is 0.371 e. The number of hydrogen-bond acceptors (Lipinski definition) is 3. The van der Waals surface area contributed by atoms with Gasteiger partial charge in [-0.05, 0) is 31.0 Å². The molecule has 0 saturated heterocycles. The van der Waals surface area contributed by atoms with Crippen LogP contribution in [0.25, 0.3) is 0 Å². The third-order valence-corrected chi connectivity index (χ3v) is 6.81. The zero-order valence-corrected chi connectivity index (χ0v) is 13.9. The van der Waals surface area contributed by atoms with Crippen LogP contribution < -0.4 is 5.19 Å². The quantitative estimate of drug-likeness (QED) is 0.377. The zero-order chi connectivity index (χ0) is 14.8. The summed E-state index contributed by atoms with van der Waals surface area (Å²) < 4.78 is 17.1. The molecular weight excluding hydrogens is 268 g/mol. The minimum absolute atomic E-state index is 0.649. The predicted octanol–water partition coefficient (Wildman–Crippen LogP) is 3.00. The first kappa shape index (κ1) is 17.1. The number of rotatable bonds is 10. The van der Waals surface area contributed by atoms with Crippen molar-refractivity contribution in [2.45, 2.75) is 25.8 Å². The Kier molecular flexibility index (Phi) is 7.77. The second-order valence-corrected chi connectivity index (χ2v) is 8.39. The molecule has 0 atom stereocenters. The average molecular weight is 294 g/mol. The highest BCUT2D eigenvalue weighted by Crippen LogP contribution is 2.16. The highest BCUT2D eigenvalue weighted by Gasteiger charge is 2.37. The molecule has 0 aromatic heterocycles. The summed E-state index contributed by atoms with van der Waals surface area (Å²) in [6, 6.07) is 11.2. The summed E-state index contributed by atoms with van der Waals surface area (Å²) in [5.41, 5.74) is 1.06. The van der Waals surface area contributed by atoms with Crippen molar-refractivity contribution < 1.29 is 13.6 Å². The van der Waals surface area contributed by atoms with E-state index >= 15 is 0 Å². The Hall–Kier alpha value is -0.943. The summed E-state index contributed by atoms with van der Waals surface area (Å²) in [5.74, 6) is 0. The molecule has 0 fully saturated rings. The van der Waals surface area contributed by atoms with Gasteiger partial charge in [0.2, 0.25) is 0 Å². The van der Waals surface area contributed by atoms with Crippen molar-refractivity contribution in [3.8, 4) is 0 Å².